The minimum absolute atomic E-state index is 0.0571. The lowest BCUT2D eigenvalue weighted by atomic mass is 10.0. The van der Waals surface area contributed by atoms with Gasteiger partial charge in [-0.15, -0.1) is 0 Å². The van der Waals surface area contributed by atoms with E-state index in [9.17, 15) is 9.90 Å². The lowest BCUT2D eigenvalue weighted by Crippen LogP contribution is -2.51. The highest BCUT2D eigenvalue weighted by Gasteiger charge is 2.37. The van der Waals surface area contributed by atoms with Crippen LogP contribution in [-0.2, 0) is 24.3 Å². The van der Waals surface area contributed by atoms with Crippen molar-refractivity contribution < 1.29 is 24.1 Å². The van der Waals surface area contributed by atoms with Gasteiger partial charge in [0.15, 0.2) is 11.5 Å². The zero-order valence-electron chi connectivity index (χ0n) is 25.1. The molecule has 0 saturated carbocycles. The fourth-order valence-corrected chi connectivity index (χ4v) is 5.22. The Bertz CT molecular complexity index is 1310. The molecule has 3 aromatic rings. The first-order valence-corrected chi connectivity index (χ1v) is 14.4. The van der Waals surface area contributed by atoms with Crippen LogP contribution in [0.15, 0.2) is 48.8 Å². The van der Waals surface area contributed by atoms with Crippen molar-refractivity contribution in [1.29, 1.82) is 0 Å². The summed E-state index contributed by atoms with van der Waals surface area (Å²) in [7, 11) is 1.64. The van der Waals surface area contributed by atoms with Gasteiger partial charge in [0.2, 0.25) is 5.91 Å². The topological polar surface area (TPSA) is 89.3 Å². The molecule has 1 amide bonds. The molecule has 2 aromatic carbocycles. The van der Waals surface area contributed by atoms with Crippen molar-refractivity contribution in [3.8, 4) is 17.2 Å². The Hall–Kier alpha value is -3.56. The predicted molar refractivity (Wildman–Crippen MR) is 159 cm³/mol. The van der Waals surface area contributed by atoms with Crippen molar-refractivity contribution in [1.82, 2.24) is 19.4 Å². The third-order valence-electron chi connectivity index (χ3n) is 7.67. The average molecular weight is 565 g/mol. The first-order chi connectivity index (χ1) is 19.7. The van der Waals surface area contributed by atoms with Gasteiger partial charge < -0.3 is 28.8 Å². The maximum absolute atomic E-state index is 12.3. The van der Waals surface area contributed by atoms with Crippen LogP contribution in [0.2, 0.25) is 0 Å². The van der Waals surface area contributed by atoms with Gasteiger partial charge in [-0.25, -0.2) is 4.98 Å². The molecule has 2 heterocycles. The monoisotopic (exact) mass is 564 g/mol. The number of amides is 1. The molecular weight excluding hydrogens is 520 g/mol. The number of hydrogen-bond acceptors (Lipinski definition) is 7. The van der Waals surface area contributed by atoms with E-state index in [1.54, 1.807) is 18.9 Å². The minimum atomic E-state index is -1.22. The van der Waals surface area contributed by atoms with E-state index in [2.05, 4.69) is 28.3 Å². The van der Waals surface area contributed by atoms with Crippen LogP contribution >= 0.6 is 0 Å². The van der Waals surface area contributed by atoms with Gasteiger partial charge in [-0.3, -0.25) is 9.69 Å². The molecule has 1 saturated heterocycles. The number of aromatic nitrogens is 2. The van der Waals surface area contributed by atoms with Crippen LogP contribution in [0.3, 0.4) is 0 Å². The first-order valence-electron chi connectivity index (χ1n) is 14.4. The second-order valence-electron chi connectivity index (χ2n) is 11.0. The molecular formula is C32H44N4O5. The molecule has 1 aliphatic rings. The maximum Gasteiger partial charge on any atom is 0.219 e. The zero-order valence-corrected chi connectivity index (χ0v) is 25.1. The van der Waals surface area contributed by atoms with Crippen LogP contribution in [0, 0.1) is 13.8 Å². The largest absolute Gasteiger partial charge is 0.493 e. The molecule has 1 fully saturated rings. The fraction of sp³-hybridized carbons (Fsp3) is 0.500. The smallest absolute Gasteiger partial charge is 0.219 e. The molecule has 1 atom stereocenters. The molecule has 0 bridgehead atoms. The number of rotatable bonds is 12. The Labute approximate surface area is 243 Å². The quantitative estimate of drug-likeness (QED) is 0.333. The number of β-amino-alcohol motifs (C(OH)–C–C–N with tert-alkyl or cyclic N) is 1. The molecule has 41 heavy (non-hydrogen) atoms. The van der Waals surface area contributed by atoms with Gasteiger partial charge in [-0.2, -0.15) is 0 Å². The molecule has 222 valence electrons. The molecule has 9 nitrogen and oxygen atoms in total. The van der Waals surface area contributed by atoms with E-state index >= 15 is 0 Å². The average Bonchev–Trinajstić information content (AvgIpc) is 3.34. The second-order valence-corrected chi connectivity index (χ2v) is 11.0. The van der Waals surface area contributed by atoms with E-state index in [1.165, 1.54) is 5.56 Å². The Morgan fingerprint density at radius 1 is 1.05 bits per heavy atom. The molecule has 1 aliphatic heterocycles. The number of imidazole rings is 1. The molecule has 0 aliphatic carbocycles. The Morgan fingerprint density at radius 3 is 2.61 bits per heavy atom. The van der Waals surface area contributed by atoms with E-state index in [0.717, 1.165) is 36.3 Å². The lowest BCUT2D eigenvalue weighted by molar-refractivity contribution is -0.132. The Balaban J connectivity index is 1.41. The minimum Gasteiger partial charge on any atom is -0.493 e. The standard InChI is InChI=1S/C32H44N4O5/c1-6-31-33-12-14-35(31)13-7-17-40-30-19-27(9-11-29(30)39-5)20-34-15-16-36(26(4)37)22-32(38,21-34)23-41-28-10-8-24(2)25(3)18-28/h8-12,14,18-19,38H,6-7,13,15-17,20-23H2,1-5H3/t32-/m0/s1. The van der Waals surface area contributed by atoms with E-state index < -0.39 is 5.60 Å². The third kappa shape index (κ3) is 8.24. The normalized spacial score (nSPS) is 17.8. The van der Waals surface area contributed by atoms with Gasteiger partial charge in [0, 0.05) is 58.5 Å². The van der Waals surface area contributed by atoms with Crippen LogP contribution < -0.4 is 14.2 Å². The summed E-state index contributed by atoms with van der Waals surface area (Å²) >= 11 is 0. The maximum atomic E-state index is 12.3. The summed E-state index contributed by atoms with van der Waals surface area (Å²) in [6.45, 7) is 11.6. The van der Waals surface area contributed by atoms with Crippen molar-refractivity contribution in [3.63, 3.8) is 0 Å². The summed E-state index contributed by atoms with van der Waals surface area (Å²) in [5, 5.41) is 11.7. The van der Waals surface area contributed by atoms with Gasteiger partial charge in [0.25, 0.3) is 0 Å². The van der Waals surface area contributed by atoms with Crippen LogP contribution in [0.5, 0.6) is 17.2 Å². The Kier molecular flexibility index (Phi) is 10.3. The number of carbonyl (C=O) groups excluding carboxylic acids is 1. The van der Waals surface area contributed by atoms with Crippen molar-refractivity contribution in [2.75, 3.05) is 46.5 Å². The highest BCUT2D eigenvalue weighted by atomic mass is 16.5. The first kappa shape index (κ1) is 30.4. The molecule has 9 heteroatoms. The van der Waals surface area contributed by atoms with Gasteiger partial charge in [-0.05, 0) is 61.2 Å². The number of methoxy groups -OCH3 is 1. The Morgan fingerprint density at radius 2 is 1.88 bits per heavy atom. The molecule has 0 spiro atoms. The molecule has 1 N–H and O–H groups in total. The van der Waals surface area contributed by atoms with Crippen LogP contribution in [0.4, 0.5) is 0 Å². The van der Waals surface area contributed by atoms with Crippen LogP contribution in [0.25, 0.3) is 0 Å². The highest BCUT2D eigenvalue weighted by molar-refractivity contribution is 5.73. The number of aryl methyl sites for hydroxylation is 4. The summed E-state index contributed by atoms with van der Waals surface area (Å²) in [6.07, 6.45) is 5.58. The predicted octanol–water partition coefficient (Wildman–Crippen LogP) is 4.01. The van der Waals surface area contributed by atoms with Gasteiger partial charge in [0.1, 0.15) is 23.8 Å². The summed E-state index contributed by atoms with van der Waals surface area (Å²) in [5.74, 6) is 3.10. The molecule has 0 unspecified atom stereocenters. The zero-order chi connectivity index (χ0) is 29.4. The molecule has 1 aromatic heterocycles. The van der Waals surface area contributed by atoms with Crippen molar-refractivity contribution in [2.24, 2.45) is 0 Å². The van der Waals surface area contributed by atoms with Crippen LogP contribution in [-0.4, -0.2) is 82.5 Å². The number of aliphatic hydroxyl groups is 1. The van der Waals surface area contributed by atoms with E-state index in [0.29, 0.717) is 50.0 Å². The fourth-order valence-electron chi connectivity index (χ4n) is 5.22. The summed E-state index contributed by atoms with van der Waals surface area (Å²) in [5.41, 5.74) is 2.13. The number of nitrogens with zero attached hydrogens (tertiary/aromatic N) is 4. The summed E-state index contributed by atoms with van der Waals surface area (Å²) in [6, 6.07) is 11.9. The summed E-state index contributed by atoms with van der Waals surface area (Å²) in [4.78, 5) is 20.6. The van der Waals surface area contributed by atoms with Crippen molar-refractivity contribution in [3.05, 3.63) is 71.3 Å². The van der Waals surface area contributed by atoms with Gasteiger partial charge >= 0.3 is 0 Å². The molecule has 0 radical (unpaired) electrons. The van der Waals surface area contributed by atoms with E-state index in [-0.39, 0.29) is 19.1 Å². The number of ether oxygens (including phenoxy) is 3. The van der Waals surface area contributed by atoms with Crippen LogP contribution in [0.1, 0.15) is 42.8 Å². The summed E-state index contributed by atoms with van der Waals surface area (Å²) < 4.78 is 19.9. The lowest BCUT2D eigenvalue weighted by Gasteiger charge is -2.33. The van der Waals surface area contributed by atoms with Crippen molar-refractivity contribution in [2.45, 2.75) is 59.2 Å². The third-order valence-corrected chi connectivity index (χ3v) is 7.67. The van der Waals surface area contributed by atoms with Gasteiger partial charge in [0.05, 0.1) is 20.3 Å². The van der Waals surface area contributed by atoms with E-state index in [4.69, 9.17) is 14.2 Å². The highest BCUT2D eigenvalue weighted by Crippen LogP contribution is 2.29. The van der Waals surface area contributed by atoms with E-state index in [1.807, 2.05) is 55.7 Å². The number of carbonyl (C=O) groups is 1. The van der Waals surface area contributed by atoms with Crippen molar-refractivity contribution >= 4 is 5.91 Å². The van der Waals surface area contributed by atoms with Gasteiger partial charge in [-0.1, -0.05) is 19.1 Å². The second kappa shape index (κ2) is 13.9. The number of benzene rings is 2. The number of hydrogen-bond donors (Lipinski definition) is 1. The molecule has 4 rings (SSSR count). The SMILES string of the molecule is CCc1nccn1CCCOc1cc(CN2CCN(C(C)=O)C[C@](O)(COc3ccc(C)c(C)c3)C2)ccc1OC.